The Morgan fingerprint density at radius 3 is 1.95 bits per heavy atom. The van der Waals surface area contributed by atoms with Crippen LogP contribution in [0.1, 0.15) is 38.8 Å². The number of rotatable bonds is 1. The first kappa shape index (κ1) is 17.4. The fourth-order valence-electron chi connectivity index (χ4n) is 1.93. The van der Waals surface area contributed by atoms with E-state index < -0.39 is 0 Å². The molecule has 0 amide bonds. The van der Waals surface area contributed by atoms with Crippen molar-refractivity contribution in [3.8, 4) is 0 Å². The Balaban J connectivity index is 0.000000741. The minimum absolute atomic E-state index is 1.04. The summed E-state index contributed by atoms with van der Waals surface area (Å²) in [5.74, 6) is 0. The van der Waals surface area contributed by atoms with Crippen molar-refractivity contribution in [3.63, 3.8) is 0 Å². The largest absolute Gasteiger partial charge is 0.377 e. The molecule has 0 N–H and O–H groups in total. The number of hydrogen-bond donors (Lipinski definition) is 0. The Morgan fingerprint density at radius 2 is 1.42 bits per heavy atom. The van der Waals surface area contributed by atoms with E-state index in [0.717, 1.165) is 16.5 Å². The number of pyridine rings is 2. The summed E-state index contributed by atoms with van der Waals surface area (Å²) in [6, 6.07) is 0. The summed E-state index contributed by atoms with van der Waals surface area (Å²) in [6.07, 6.45) is 5.66. The number of anilines is 1. The molecule has 0 bridgehead atoms. The average Bonchev–Trinajstić information content (AvgIpc) is 2.43. The van der Waals surface area contributed by atoms with Crippen molar-refractivity contribution in [2.45, 2.75) is 41.5 Å². The quantitative estimate of drug-likeness (QED) is 0.763. The monoisotopic (exact) mass is 261 g/mol. The number of hydrogen-bond acceptors (Lipinski definition) is 3. The molecule has 3 nitrogen and oxygen atoms in total. The molecule has 2 aromatic rings. The second-order valence-electron chi connectivity index (χ2n) is 4.04. The second kappa shape index (κ2) is 8.46. The lowest BCUT2D eigenvalue weighted by molar-refractivity contribution is 1.11. The van der Waals surface area contributed by atoms with Gasteiger partial charge in [-0.1, -0.05) is 27.7 Å². The molecule has 2 heterocycles. The Kier molecular flexibility index (Phi) is 7.73. The first-order valence-electron chi connectivity index (χ1n) is 6.98. The lowest BCUT2D eigenvalue weighted by atomic mass is 10.1. The van der Waals surface area contributed by atoms with E-state index in [4.69, 9.17) is 0 Å². The van der Waals surface area contributed by atoms with E-state index >= 15 is 0 Å². The summed E-state index contributed by atoms with van der Waals surface area (Å²) >= 11 is 0. The van der Waals surface area contributed by atoms with Gasteiger partial charge in [0, 0.05) is 38.1 Å². The van der Waals surface area contributed by atoms with Gasteiger partial charge in [-0.05, 0) is 25.0 Å². The van der Waals surface area contributed by atoms with Crippen LogP contribution in [-0.2, 0) is 0 Å². The molecule has 0 radical (unpaired) electrons. The first-order chi connectivity index (χ1) is 9.11. The van der Waals surface area contributed by atoms with Crippen LogP contribution in [0, 0.1) is 13.8 Å². The highest BCUT2D eigenvalue weighted by molar-refractivity contribution is 5.93. The molecule has 0 aliphatic rings. The van der Waals surface area contributed by atoms with E-state index in [1.54, 1.807) is 0 Å². The molecule has 0 spiro atoms. The van der Waals surface area contributed by atoms with Crippen molar-refractivity contribution < 1.29 is 0 Å². The first-order valence-corrected chi connectivity index (χ1v) is 6.98. The van der Waals surface area contributed by atoms with Crippen molar-refractivity contribution in [2.75, 3.05) is 19.0 Å². The predicted molar refractivity (Wildman–Crippen MR) is 86.0 cm³/mol. The Labute approximate surface area is 117 Å². The number of aromatic nitrogens is 2. The highest BCUT2D eigenvalue weighted by atomic mass is 15.1. The molecule has 0 aromatic carbocycles. The van der Waals surface area contributed by atoms with E-state index in [1.165, 1.54) is 11.3 Å². The van der Waals surface area contributed by atoms with Gasteiger partial charge in [0.05, 0.1) is 11.2 Å². The van der Waals surface area contributed by atoms with Crippen molar-refractivity contribution in [1.29, 1.82) is 0 Å². The lowest BCUT2D eigenvalue weighted by Crippen LogP contribution is -2.11. The zero-order valence-electron chi connectivity index (χ0n) is 13.6. The van der Waals surface area contributed by atoms with Crippen molar-refractivity contribution in [1.82, 2.24) is 9.97 Å². The van der Waals surface area contributed by atoms with Crippen LogP contribution in [0.25, 0.3) is 10.9 Å². The summed E-state index contributed by atoms with van der Waals surface area (Å²) in [5, 5.41) is 1.12. The summed E-state index contributed by atoms with van der Waals surface area (Å²) in [6.45, 7) is 12.1. The van der Waals surface area contributed by atoms with Crippen LogP contribution in [-0.4, -0.2) is 24.1 Å². The fraction of sp³-hybridized carbons (Fsp3) is 0.500. The van der Waals surface area contributed by atoms with Gasteiger partial charge < -0.3 is 4.90 Å². The van der Waals surface area contributed by atoms with Gasteiger partial charge in [-0.15, -0.1) is 0 Å². The SMILES string of the molecule is CC.CC.Cc1cnc2c(C)cncc2c1N(C)C. The topological polar surface area (TPSA) is 29.0 Å². The van der Waals surface area contributed by atoms with Gasteiger partial charge in [-0.3, -0.25) is 9.97 Å². The Morgan fingerprint density at radius 1 is 0.842 bits per heavy atom. The van der Waals surface area contributed by atoms with Crippen LogP contribution in [0.2, 0.25) is 0 Å². The van der Waals surface area contributed by atoms with E-state index in [1.807, 2.05) is 67.3 Å². The summed E-state index contributed by atoms with van der Waals surface area (Å²) < 4.78 is 0. The molecule has 19 heavy (non-hydrogen) atoms. The highest BCUT2D eigenvalue weighted by Crippen LogP contribution is 2.28. The second-order valence-corrected chi connectivity index (χ2v) is 4.04. The number of nitrogens with zero attached hydrogens (tertiary/aromatic N) is 3. The van der Waals surface area contributed by atoms with Gasteiger partial charge in [-0.2, -0.15) is 0 Å². The standard InChI is InChI=1S/C12H15N3.2C2H6/c1-8-5-13-7-10-11(8)14-6-9(2)12(10)15(3)4;2*1-2/h5-7H,1-4H3;2*1-2H3. The van der Waals surface area contributed by atoms with Gasteiger partial charge in [0.1, 0.15) is 0 Å². The van der Waals surface area contributed by atoms with Crippen LogP contribution in [0.3, 0.4) is 0 Å². The lowest BCUT2D eigenvalue weighted by Gasteiger charge is -2.18. The van der Waals surface area contributed by atoms with Crippen molar-refractivity contribution in [3.05, 3.63) is 29.7 Å². The van der Waals surface area contributed by atoms with Crippen molar-refractivity contribution >= 4 is 16.6 Å². The molecule has 2 rings (SSSR count). The maximum atomic E-state index is 4.46. The summed E-state index contributed by atoms with van der Waals surface area (Å²) in [4.78, 5) is 10.8. The van der Waals surface area contributed by atoms with Crippen molar-refractivity contribution in [2.24, 2.45) is 0 Å². The predicted octanol–water partition coefficient (Wildman–Crippen LogP) is 4.37. The van der Waals surface area contributed by atoms with Gasteiger partial charge in [0.15, 0.2) is 0 Å². The minimum atomic E-state index is 1.04. The fourth-order valence-corrected chi connectivity index (χ4v) is 1.93. The van der Waals surface area contributed by atoms with Crippen LogP contribution < -0.4 is 4.90 Å². The third-order valence-electron chi connectivity index (χ3n) is 2.56. The van der Waals surface area contributed by atoms with Crippen LogP contribution in [0.5, 0.6) is 0 Å². The van der Waals surface area contributed by atoms with Gasteiger partial charge >= 0.3 is 0 Å². The van der Waals surface area contributed by atoms with Crippen LogP contribution in [0.4, 0.5) is 5.69 Å². The smallest absolute Gasteiger partial charge is 0.0783 e. The molecular weight excluding hydrogens is 234 g/mol. The van der Waals surface area contributed by atoms with E-state index in [9.17, 15) is 0 Å². The third-order valence-corrected chi connectivity index (χ3v) is 2.56. The van der Waals surface area contributed by atoms with E-state index in [2.05, 4.69) is 21.8 Å². The normalized spacial score (nSPS) is 9.05. The molecule has 0 unspecified atom stereocenters. The van der Waals surface area contributed by atoms with E-state index in [0.29, 0.717) is 0 Å². The van der Waals surface area contributed by atoms with Gasteiger partial charge in [-0.25, -0.2) is 0 Å². The molecule has 2 aromatic heterocycles. The molecule has 0 saturated carbocycles. The molecule has 106 valence electrons. The highest BCUT2D eigenvalue weighted by Gasteiger charge is 2.09. The Hall–Kier alpha value is -1.64. The van der Waals surface area contributed by atoms with Crippen LogP contribution >= 0.6 is 0 Å². The molecule has 0 fully saturated rings. The molecule has 0 saturated heterocycles. The maximum absolute atomic E-state index is 4.46. The van der Waals surface area contributed by atoms with Gasteiger partial charge in [0.25, 0.3) is 0 Å². The molecule has 0 atom stereocenters. The molecular formula is C16H27N3. The summed E-state index contributed by atoms with van der Waals surface area (Å²) in [5.41, 5.74) is 4.55. The van der Waals surface area contributed by atoms with E-state index in [-0.39, 0.29) is 0 Å². The minimum Gasteiger partial charge on any atom is -0.377 e. The average molecular weight is 261 g/mol. The molecule has 0 aliphatic heterocycles. The summed E-state index contributed by atoms with van der Waals surface area (Å²) in [7, 11) is 4.09. The van der Waals surface area contributed by atoms with Gasteiger partial charge in [0.2, 0.25) is 0 Å². The van der Waals surface area contributed by atoms with Crippen LogP contribution in [0.15, 0.2) is 18.6 Å². The maximum Gasteiger partial charge on any atom is 0.0783 e. The molecule has 3 heteroatoms. The zero-order valence-corrected chi connectivity index (χ0v) is 13.6. The third kappa shape index (κ3) is 3.91. The number of fused-ring (bicyclic) bond motifs is 1. The molecule has 0 aliphatic carbocycles. The Bertz CT molecular complexity index is 505. The number of aryl methyl sites for hydroxylation is 2. The zero-order chi connectivity index (χ0) is 15.0.